The standard InChI is InChI=1S/C13H16ClN3/c1-2-4-13-12(15)8-16-17(13)9-10-5-3-6-11(14)7-10/h3,5-8H,2,4,9,15H2,1H3. The largest absolute Gasteiger partial charge is 0.396 e. The van der Waals surface area contributed by atoms with Crippen molar-refractivity contribution in [3.63, 3.8) is 0 Å². The summed E-state index contributed by atoms with van der Waals surface area (Å²) in [6.07, 6.45) is 3.73. The first-order valence-corrected chi connectivity index (χ1v) is 6.13. The third-order valence-corrected chi connectivity index (χ3v) is 2.92. The average molecular weight is 250 g/mol. The lowest BCUT2D eigenvalue weighted by molar-refractivity contribution is 0.638. The summed E-state index contributed by atoms with van der Waals surface area (Å²) in [5.74, 6) is 0. The number of anilines is 1. The van der Waals surface area contributed by atoms with Crippen LogP contribution in [0.2, 0.25) is 5.02 Å². The molecule has 2 rings (SSSR count). The Bertz CT molecular complexity index is 505. The molecule has 2 aromatic rings. The highest BCUT2D eigenvalue weighted by atomic mass is 35.5. The van der Waals surface area contributed by atoms with E-state index in [9.17, 15) is 0 Å². The van der Waals surface area contributed by atoms with Gasteiger partial charge in [-0.05, 0) is 24.1 Å². The molecule has 0 aliphatic carbocycles. The average Bonchev–Trinajstić information content (AvgIpc) is 2.62. The van der Waals surface area contributed by atoms with Crippen LogP contribution in [0.15, 0.2) is 30.5 Å². The highest BCUT2D eigenvalue weighted by Crippen LogP contribution is 2.16. The van der Waals surface area contributed by atoms with Crippen LogP contribution in [-0.2, 0) is 13.0 Å². The zero-order chi connectivity index (χ0) is 12.3. The Morgan fingerprint density at radius 3 is 2.94 bits per heavy atom. The Hall–Kier alpha value is -1.48. The van der Waals surface area contributed by atoms with E-state index in [1.807, 2.05) is 28.9 Å². The number of aromatic nitrogens is 2. The summed E-state index contributed by atoms with van der Waals surface area (Å²) in [6.45, 7) is 2.85. The molecule has 90 valence electrons. The molecular weight excluding hydrogens is 234 g/mol. The van der Waals surface area contributed by atoms with Gasteiger partial charge in [0.25, 0.3) is 0 Å². The van der Waals surface area contributed by atoms with E-state index < -0.39 is 0 Å². The van der Waals surface area contributed by atoms with E-state index >= 15 is 0 Å². The van der Waals surface area contributed by atoms with Gasteiger partial charge in [0.15, 0.2) is 0 Å². The smallest absolute Gasteiger partial charge is 0.0733 e. The van der Waals surface area contributed by atoms with Crippen LogP contribution >= 0.6 is 11.6 Å². The maximum absolute atomic E-state index is 5.96. The van der Waals surface area contributed by atoms with Gasteiger partial charge in [0, 0.05) is 5.02 Å². The van der Waals surface area contributed by atoms with Gasteiger partial charge in [-0.3, -0.25) is 4.68 Å². The van der Waals surface area contributed by atoms with E-state index in [0.717, 1.165) is 34.8 Å². The lowest BCUT2D eigenvalue weighted by Gasteiger charge is -2.08. The molecule has 0 aliphatic heterocycles. The molecule has 3 nitrogen and oxygen atoms in total. The Morgan fingerprint density at radius 2 is 2.24 bits per heavy atom. The molecule has 0 bridgehead atoms. The van der Waals surface area contributed by atoms with Crippen LogP contribution in [0.3, 0.4) is 0 Å². The van der Waals surface area contributed by atoms with Crippen molar-refractivity contribution < 1.29 is 0 Å². The molecule has 4 heteroatoms. The molecule has 0 saturated carbocycles. The van der Waals surface area contributed by atoms with Crippen molar-refractivity contribution in [2.45, 2.75) is 26.3 Å². The second kappa shape index (κ2) is 5.23. The van der Waals surface area contributed by atoms with Gasteiger partial charge >= 0.3 is 0 Å². The Balaban J connectivity index is 2.24. The number of hydrogen-bond donors (Lipinski definition) is 1. The third kappa shape index (κ3) is 2.80. The Morgan fingerprint density at radius 1 is 1.41 bits per heavy atom. The fourth-order valence-electron chi connectivity index (χ4n) is 1.88. The molecule has 0 amide bonds. The number of nitrogen functional groups attached to an aromatic ring is 1. The molecule has 0 saturated heterocycles. The van der Waals surface area contributed by atoms with E-state index in [1.165, 1.54) is 0 Å². The summed E-state index contributed by atoms with van der Waals surface area (Å²) in [5, 5.41) is 5.06. The Labute approximate surface area is 106 Å². The van der Waals surface area contributed by atoms with Crippen LogP contribution in [0, 0.1) is 0 Å². The molecule has 0 spiro atoms. The van der Waals surface area contributed by atoms with Crippen molar-refractivity contribution in [3.05, 3.63) is 46.7 Å². The highest BCUT2D eigenvalue weighted by molar-refractivity contribution is 6.30. The summed E-state index contributed by atoms with van der Waals surface area (Å²) >= 11 is 5.96. The minimum absolute atomic E-state index is 0.715. The van der Waals surface area contributed by atoms with Gasteiger partial charge in [-0.2, -0.15) is 5.10 Å². The normalized spacial score (nSPS) is 10.7. The van der Waals surface area contributed by atoms with Crippen LogP contribution in [0.4, 0.5) is 5.69 Å². The SMILES string of the molecule is CCCc1c(N)cnn1Cc1cccc(Cl)c1. The third-order valence-electron chi connectivity index (χ3n) is 2.69. The van der Waals surface area contributed by atoms with E-state index in [0.29, 0.717) is 6.54 Å². The molecule has 2 N–H and O–H groups in total. The summed E-state index contributed by atoms with van der Waals surface area (Å²) in [4.78, 5) is 0. The van der Waals surface area contributed by atoms with Gasteiger partial charge in [0.2, 0.25) is 0 Å². The molecule has 0 unspecified atom stereocenters. The van der Waals surface area contributed by atoms with Crippen molar-refractivity contribution in [2.75, 3.05) is 5.73 Å². The number of nitrogens with zero attached hydrogens (tertiary/aromatic N) is 2. The molecule has 1 aromatic carbocycles. The van der Waals surface area contributed by atoms with Gasteiger partial charge in [-0.1, -0.05) is 37.1 Å². The molecule has 0 fully saturated rings. The number of rotatable bonds is 4. The van der Waals surface area contributed by atoms with Crippen LogP contribution in [0.25, 0.3) is 0 Å². The summed E-state index contributed by atoms with van der Waals surface area (Å²) in [6, 6.07) is 7.81. The second-order valence-corrected chi connectivity index (χ2v) is 4.52. The quantitative estimate of drug-likeness (QED) is 0.905. The first kappa shape index (κ1) is 12.0. The van der Waals surface area contributed by atoms with Crippen LogP contribution in [0.5, 0.6) is 0 Å². The molecule has 1 heterocycles. The lowest BCUT2D eigenvalue weighted by Crippen LogP contribution is -2.07. The zero-order valence-corrected chi connectivity index (χ0v) is 10.6. The number of nitrogens with two attached hydrogens (primary N) is 1. The van der Waals surface area contributed by atoms with E-state index in [-0.39, 0.29) is 0 Å². The van der Waals surface area contributed by atoms with Gasteiger partial charge in [0.05, 0.1) is 24.1 Å². The maximum atomic E-state index is 5.96. The fraction of sp³-hybridized carbons (Fsp3) is 0.308. The van der Waals surface area contributed by atoms with Crippen LogP contribution < -0.4 is 5.73 Å². The molecular formula is C13H16ClN3. The van der Waals surface area contributed by atoms with Crippen LogP contribution in [0.1, 0.15) is 24.6 Å². The Kier molecular flexibility index (Phi) is 3.69. The predicted octanol–water partition coefficient (Wildman–Crippen LogP) is 3.12. The second-order valence-electron chi connectivity index (χ2n) is 4.08. The minimum atomic E-state index is 0.715. The minimum Gasteiger partial charge on any atom is -0.396 e. The van der Waals surface area contributed by atoms with E-state index in [4.69, 9.17) is 17.3 Å². The zero-order valence-electron chi connectivity index (χ0n) is 9.86. The molecule has 0 aliphatic rings. The number of hydrogen-bond acceptors (Lipinski definition) is 2. The first-order chi connectivity index (χ1) is 8.20. The van der Waals surface area contributed by atoms with Gasteiger partial charge in [0.1, 0.15) is 0 Å². The number of benzene rings is 1. The van der Waals surface area contributed by atoms with Crippen molar-refractivity contribution in [1.29, 1.82) is 0 Å². The lowest BCUT2D eigenvalue weighted by atomic mass is 10.2. The molecule has 0 radical (unpaired) electrons. The van der Waals surface area contributed by atoms with E-state index in [2.05, 4.69) is 12.0 Å². The molecule has 17 heavy (non-hydrogen) atoms. The van der Waals surface area contributed by atoms with Crippen molar-refractivity contribution >= 4 is 17.3 Å². The first-order valence-electron chi connectivity index (χ1n) is 5.75. The van der Waals surface area contributed by atoms with E-state index in [1.54, 1.807) is 6.20 Å². The van der Waals surface area contributed by atoms with Gasteiger partial charge in [-0.15, -0.1) is 0 Å². The van der Waals surface area contributed by atoms with Crippen molar-refractivity contribution in [3.8, 4) is 0 Å². The summed E-state index contributed by atoms with van der Waals surface area (Å²) in [7, 11) is 0. The van der Waals surface area contributed by atoms with Crippen molar-refractivity contribution in [2.24, 2.45) is 0 Å². The van der Waals surface area contributed by atoms with Gasteiger partial charge in [-0.25, -0.2) is 0 Å². The number of halogens is 1. The molecule has 0 atom stereocenters. The topological polar surface area (TPSA) is 43.8 Å². The monoisotopic (exact) mass is 249 g/mol. The van der Waals surface area contributed by atoms with Crippen molar-refractivity contribution in [1.82, 2.24) is 9.78 Å². The predicted molar refractivity (Wildman–Crippen MR) is 71.2 cm³/mol. The highest BCUT2D eigenvalue weighted by Gasteiger charge is 2.07. The fourth-order valence-corrected chi connectivity index (χ4v) is 2.09. The summed E-state index contributed by atoms with van der Waals surface area (Å²) in [5.41, 5.74) is 8.91. The van der Waals surface area contributed by atoms with Gasteiger partial charge < -0.3 is 5.73 Å². The molecule has 1 aromatic heterocycles. The summed E-state index contributed by atoms with van der Waals surface area (Å²) < 4.78 is 1.95. The van der Waals surface area contributed by atoms with Crippen LogP contribution in [-0.4, -0.2) is 9.78 Å². The maximum Gasteiger partial charge on any atom is 0.0733 e.